The van der Waals surface area contributed by atoms with Crippen LogP contribution in [-0.2, 0) is 16.1 Å². The second kappa shape index (κ2) is 8.45. The minimum absolute atomic E-state index is 0.0118. The van der Waals surface area contributed by atoms with Gasteiger partial charge in [0.25, 0.3) is 0 Å². The summed E-state index contributed by atoms with van der Waals surface area (Å²) in [5.74, 6) is 1.54. The van der Waals surface area contributed by atoms with Gasteiger partial charge in [-0.1, -0.05) is 81.8 Å². The lowest BCUT2D eigenvalue weighted by Gasteiger charge is -2.57. The summed E-state index contributed by atoms with van der Waals surface area (Å²) in [4.78, 5) is 13.4. The molecule has 1 aromatic rings. The van der Waals surface area contributed by atoms with Gasteiger partial charge in [0, 0.05) is 0 Å². The van der Waals surface area contributed by atoms with Crippen LogP contribution in [0.15, 0.2) is 54.1 Å². The molecule has 1 saturated carbocycles. The average molecular weight is 419 g/mol. The normalized spacial score (nSPS) is 32.4. The number of hydrogen-bond acceptors (Lipinski definition) is 2. The highest BCUT2D eigenvalue weighted by Crippen LogP contribution is 2.62. The third-order valence-corrected chi connectivity index (χ3v) is 8.63. The zero-order chi connectivity index (χ0) is 22.2. The maximum absolute atomic E-state index is 13.4. The molecule has 0 aromatic heterocycles. The number of carbonyl (C=O) groups is 1. The van der Waals surface area contributed by atoms with E-state index in [1.807, 2.05) is 30.3 Å². The molecule has 0 heterocycles. The number of rotatable bonds is 5. The minimum Gasteiger partial charge on any atom is -0.460 e. The SMILES string of the molecule is C=Cc1ccc(COC(=O)[C@]2(C)CCC[C@@]3(C)[C@H]2CC=C2C=C(C(C)C)CC[C@@H]23)cc1. The van der Waals surface area contributed by atoms with E-state index in [0.29, 0.717) is 24.4 Å². The Bertz CT molecular complexity index is 903. The van der Waals surface area contributed by atoms with Gasteiger partial charge >= 0.3 is 5.97 Å². The van der Waals surface area contributed by atoms with Crippen molar-refractivity contribution in [1.29, 1.82) is 0 Å². The summed E-state index contributed by atoms with van der Waals surface area (Å²) in [5, 5.41) is 0. The van der Waals surface area contributed by atoms with Gasteiger partial charge in [-0.15, -0.1) is 0 Å². The Kier molecular flexibility index (Phi) is 6.03. The summed E-state index contributed by atoms with van der Waals surface area (Å²) >= 11 is 0. The van der Waals surface area contributed by atoms with Gasteiger partial charge in [0.1, 0.15) is 6.61 Å². The van der Waals surface area contributed by atoms with Crippen molar-refractivity contribution in [2.45, 2.75) is 72.8 Å². The maximum Gasteiger partial charge on any atom is 0.312 e. The fourth-order valence-corrected chi connectivity index (χ4v) is 6.65. The molecular weight excluding hydrogens is 380 g/mol. The van der Waals surface area contributed by atoms with E-state index in [1.54, 1.807) is 5.57 Å². The van der Waals surface area contributed by atoms with Gasteiger partial charge in [-0.25, -0.2) is 0 Å². The minimum atomic E-state index is -0.405. The first-order chi connectivity index (χ1) is 14.8. The van der Waals surface area contributed by atoms with Crippen LogP contribution in [0, 0.1) is 28.6 Å². The van der Waals surface area contributed by atoms with E-state index in [1.165, 1.54) is 24.8 Å². The van der Waals surface area contributed by atoms with Crippen LogP contribution < -0.4 is 0 Å². The molecule has 3 aliphatic carbocycles. The second-order valence-electron chi connectivity index (χ2n) is 10.8. The van der Waals surface area contributed by atoms with Crippen molar-refractivity contribution in [3.8, 4) is 0 Å². The van der Waals surface area contributed by atoms with Crippen molar-refractivity contribution in [2.24, 2.45) is 28.6 Å². The van der Waals surface area contributed by atoms with Crippen LogP contribution in [0.1, 0.15) is 77.3 Å². The van der Waals surface area contributed by atoms with Crippen molar-refractivity contribution in [3.63, 3.8) is 0 Å². The third-order valence-electron chi connectivity index (χ3n) is 8.63. The van der Waals surface area contributed by atoms with Gasteiger partial charge < -0.3 is 4.74 Å². The fourth-order valence-electron chi connectivity index (χ4n) is 6.65. The van der Waals surface area contributed by atoms with Crippen LogP contribution in [0.4, 0.5) is 0 Å². The van der Waals surface area contributed by atoms with E-state index in [-0.39, 0.29) is 11.4 Å². The molecule has 0 bridgehead atoms. The van der Waals surface area contributed by atoms with Gasteiger partial charge in [0.05, 0.1) is 5.41 Å². The van der Waals surface area contributed by atoms with E-state index in [2.05, 4.69) is 46.4 Å². The topological polar surface area (TPSA) is 26.3 Å². The standard InChI is InChI=1S/C29H38O2/c1-6-21-8-10-22(11-9-21)19-31-27(30)29(5)17-7-16-28(4)25-14-12-23(20(2)3)18-24(25)13-15-26(28)29/h6,8-11,13,18,20,25-26H,1,7,12,14-17,19H2,2-5H3/t25-,26+,28+,29+/m0/s1. The summed E-state index contributed by atoms with van der Waals surface area (Å²) in [6, 6.07) is 8.08. The van der Waals surface area contributed by atoms with Gasteiger partial charge in [-0.3, -0.25) is 4.79 Å². The Morgan fingerprint density at radius 3 is 2.65 bits per heavy atom. The number of esters is 1. The highest BCUT2D eigenvalue weighted by Gasteiger charge is 2.57. The lowest BCUT2D eigenvalue weighted by molar-refractivity contribution is -0.170. The largest absolute Gasteiger partial charge is 0.460 e. The Hall–Kier alpha value is -2.09. The van der Waals surface area contributed by atoms with Gasteiger partial charge in [-0.2, -0.15) is 0 Å². The molecular formula is C29H38O2. The molecule has 0 N–H and O–H groups in total. The van der Waals surface area contributed by atoms with E-state index in [0.717, 1.165) is 30.4 Å². The maximum atomic E-state index is 13.4. The molecule has 0 amide bonds. The molecule has 0 unspecified atom stereocenters. The monoisotopic (exact) mass is 418 g/mol. The molecule has 1 aromatic carbocycles. The number of allylic oxidation sites excluding steroid dienone is 4. The molecule has 166 valence electrons. The highest BCUT2D eigenvalue weighted by atomic mass is 16.5. The third kappa shape index (κ3) is 3.95. The Balaban J connectivity index is 1.53. The number of carbonyl (C=O) groups excluding carboxylic acids is 1. The molecule has 0 radical (unpaired) electrons. The highest BCUT2D eigenvalue weighted by molar-refractivity contribution is 5.77. The summed E-state index contributed by atoms with van der Waals surface area (Å²) in [7, 11) is 0. The Morgan fingerprint density at radius 2 is 1.97 bits per heavy atom. The average Bonchev–Trinajstić information content (AvgIpc) is 2.77. The van der Waals surface area contributed by atoms with Crippen LogP contribution in [0.3, 0.4) is 0 Å². The first-order valence-electron chi connectivity index (χ1n) is 12.1. The molecule has 2 nitrogen and oxygen atoms in total. The van der Waals surface area contributed by atoms with Crippen LogP contribution in [0.2, 0.25) is 0 Å². The van der Waals surface area contributed by atoms with E-state index >= 15 is 0 Å². The quantitative estimate of drug-likeness (QED) is 0.463. The first-order valence-corrected chi connectivity index (χ1v) is 12.1. The number of ether oxygens (including phenoxy) is 1. The smallest absolute Gasteiger partial charge is 0.312 e. The molecule has 3 aliphatic rings. The molecule has 4 atom stereocenters. The predicted molar refractivity (Wildman–Crippen MR) is 128 cm³/mol. The number of hydrogen-bond donors (Lipinski definition) is 0. The molecule has 31 heavy (non-hydrogen) atoms. The molecule has 1 fully saturated rings. The predicted octanol–water partition coefficient (Wildman–Crippen LogP) is 7.51. The van der Waals surface area contributed by atoms with Crippen molar-refractivity contribution < 1.29 is 9.53 Å². The van der Waals surface area contributed by atoms with Crippen molar-refractivity contribution in [2.75, 3.05) is 0 Å². The lowest BCUT2D eigenvalue weighted by Crippen LogP contribution is -2.53. The summed E-state index contributed by atoms with van der Waals surface area (Å²) < 4.78 is 5.93. The van der Waals surface area contributed by atoms with E-state index in [4.69, 9.17) is 4.74 Å². The summed E-state index contributed by atoms with van der Waals surface area (Å²) in [5.41, 5.74) is 5.01. The summed E-state index contributed by atoms with van der Waals surface area (Å²) in [6.45, 7) is 13.4. The molecule has 2 heteroatoms. The molecule has 4 rings (SSSR count). The summed E-state index contributed by atoms with van der Waals surface area (Å²) in [6.07, 6.45) is 13.4. The number of benzene rings is 1. The zero-order valence-electron chi connectivity index (χ0n) is 19.7. The fraction of sp³-hybridized carbons (Fsp3) is 0.552. The first kappa shape index (κ1) is 22.1. The van der Waals surface area contributed by atoms with Crippen molar-refractivity contribution in [1.82, 2.24) is 0 Å². The van der Waals surface area contributed by atoms with Gasteiger partial charge in [-0.05, 0) is 78.9 Å². The molecule has 0 saturated heterocycles. The Labute approximate surface area is 188 Å². The molecule has 0 spiro atoms. The number of fused-ring (bicyclic) bond motifs is 3. The van der Waals surface area contributed by atoms with Crippen LogP contribution in [0.5, 0.6) is 0 Å². The van der Waals surface area contributed by atoms with Crippen LogP contribution in [0.25, 0.3) is 6.08 Å². The van der Waals surface area contributed by atoms with Crippen LogP contribution >= 0.6 is 0 Å². The van der Waals surface area contributed by atoms with E-state index < -0.39 is 5.41 Å². The molecule has 0 aliphatic heterocycles. The van der Waals surface area contributed by atoms with Crippen molar-refractivity contribution in [3.05, 3.63) is 65.3 Å². The van der Waals surface area contributed by atoms with Gasteiger partial charge in [0.15, 0.2) is 0 Å². The lowest BCUT2D eigenvalue weighted by atomic mass is 9.47. The van der Waals surface area contributed by atoms with Crippen molar-refractivity contribution >= 4 is 12.0 Å². The van der Waals surface area contributed by atoms with E-state index in [9.17, 15) is 4.79 Å². The second-order valence-corrected chi connectivity index (χ2v) is 10.8. The van der Waals surface area contributed by atoms with Gasteiger partial charge in [0.2, 0.25) is 0 Å². The Morgan fingerprint density at radius 1 is 1.23 bits per heavy atom. The van der Waals surface area contributed by atoms with Crippen LogP contribution in [-0.4, -0.2) is 5.97 Å². The zero-order valence-corrected chi connectivity index (χ0v) is 19.7.